The molecule has 1 aromatic heterocycles. The van der Waals surface area contributed by atoms with Gasteiger partial charge in [0.2, 0.25) is 5.91 Å². The summed E-state index contributed by atoms with van der Waals surface area (Å²) in [4.78, 5) is 30.6. The molecular weight excluding hydrogens is 340 g/mol. The van der Waals surface area contributed by atoms with Gasteiger partial charge >= 0.3 is 0 Å². The van der Waals surface area contributed by atoms with Crippen LogP contribution in [0.2, 0.25) is 5.02 Å². The van der Waals surface area contributed by atoms with Crippen LogP contribution in [0.3, 0.4) is 0 Å². The quantitative estimate of drug-likeness (QED) is 0.383. The minimum Gasteiger partial charge on any atom is -0.325 e. The molecule has 1 amide bonds. The molecule has 0 saturated heterocycles. The maximum absolute atomic E-state index is 11.9. The van der Waals surface area contributed by atoms with E-state index in [9.17, 15) is 14.9 Å². The van der Waals surface area contributed by atoms with Crippen molar-refractivity contribution in [2.45, 2.75) is 18.9 Å². The summed E-state index contributed by atoms with van der Waals surface area (Å²) in [5, 5.41) is 14.1. The zero-order chi connectivity index (χ0) is 17.0. The first-order valence-corrected chi connectivity index (χ1v) is 7.90. The van der Waals surface area contributed by atoms with Gasteiger partial charge in [0, 0.05) is 17.4 Å². The molecule has 0 aliphatic heterocycles. The van der Waals surface area contributed by atoms with Crippen LogP contribution in [0.4, 0.5) is 11.4 Å². The van der Waals surface area contributed by atoms with Crippen LogP contribution < -0.4 is 5.32 Å². The van der Waals surface area contributed by atoms with Crippen LogP contribution in [-0.4, -0.2) is 26.6 Å². The molecule has 0 aliphatic carbocycles. The van der Waals surface area contributed by atoms with Gasteiger partial charge in [-0.25, -0.2) is 9.97 Å². The van der Waals surface area contributed by atoms with Crippen LogP contribution in [-0.2, 0) is 4.79 Å². The Kier molecular flexibility index (Phi) is 5.51. The molecule has 1 heterocycles. The van der Waals surface area contributed by atoms with E-state index in [1.165, 1.54) is 30.0 Å². The fourth-order valence-electron chi connectivity index (χ4n) is 1.82. The van der Waals surface area contributed by atoms with Gasteiger partial charge in [-0.15, -0.1) is 0 Å². The molecule has 0 radical (unpaired) electrons. The summed E-state index contributed by atoms with van der Waals surface area (Å²) in [5.41, 5.74) is 0.898. The van der Waals surface area contributed by atoms with E-state index in [4.69, 9.17) is 11.6 Å². The Labute approximate surface area is 141 Å². The maximum atomic E-state index is 11.9. The minimum atomic E-state index is -0.598. The molecule has 0 atom stereocenters. The Morgan fingerprint density at radius 3 is 2.74 bits per heavy atom. The van der Waals surface area contributed by atoms with Gasteiger partial charge in [0.1, 0.15) is 15.9 Å². The third-order valence-corrected chi connectivity index (χ3v) is 3.95. The fraction of sp³-hybridized carbons (Fsp3) is 0.214. The Bertz CT molecular complexity index is 749. The van der Waals surface area contributed by atoms with Gasteiger partial charge in [-0.05, 0) is 32.0 Å². The zero-order valence-corrected chi connectivity index (χ0v) is 13.9. The molecule has 2 aromatic rings. The summed E-state index contributed by atoms with van der Waals surface area (Å²) < 4.78 is 0. The molecule has 1 N–H and O–H groups in total. The Balaban J connectivity index is 1.99. The molecule has 7 nitrogen and oxygen atoms in total. The van der Waals surface area contributed by atoms with Crippen molar-refractivity contribution in [3.05, 3.63) is 50.9 Å². The summed E-state index contributed by atoms with van der Waals surface area (Å²) in [7, 11) is 0. The van der Waals surface area contributed by atoms with Crippen molar-refractivity contribution >= 4 is 40.6 Å². The molecule has 120 valence electrons. The maximum Gasteiger partial charge on any atom is 0.289 e. The predicted molar refractivity (Wildman–Crippen MR) is 89.0 cm³/mol. The highest BCUT2D eigenvalue weighted by molar-refractivity contribution is 7.99. The third-order valence-electron chi connectivity index (χ3n) is 2.72. The number of aryl methyl sites for hydroxylation is 2. The van der Waals surface area contributed by atoms with Crippen LogP contribution >= 0.6 is 23.4 Å². The molecule has 0 bridgehead atoms. The summed E-state index contributed by atoms with van der Waals surface area (Å²) in [5.74, 6) is 0.480. The number of nitro groups is 1. The number of benzene rings is 1. The second-order valence-corrected chi connectivity index (χ2v) is 6.06. The number of thioether (sulfide) groups is 1. The van der Waals surface area contributed by atoms with Crippen LogP contribution in [0.25, 0.3) is 0 Å². The van der Waals surface area contributed by atoms with Crippen molar-refractivity contribution in [2.75, 3.05) is 11.1 Å². The first kappa shape index (κ1) is 17.2. The number of aromatic nitrogens is 2. The molecule has 1 aromatic carbocycles. The van der Waals surface area contributed by atoms with Gasteiger partial charge in [0.25, 0.3) is 5.69 Å². The van der Waals surface area contributed by atoms with Crippen molar-refractivity contribution in [3.8, 4) is 0 Å². The standard InChI is InChI=1S/C14H13ClN4O3S/c1-8-5-14(17-9(2)16-8)23-7-13(20)18-10-3-4-11(15)12(6-10)19(21)22/h3-6H,7H2,1-2H3,(H,18,20). The Hall–Kier alpha value is -2.19. The van der Waals surface area contributed by atoms with E-state index < -0.39 is 4.92 Å². The van der Waals surface area contributed by atoms with E-state index >= 15 is 0 Å². The summed E-state index contributed by atoms with van der Waals surface area (Å²) in [6.45, 7) is 3.63. The van der Waals surface area contributed by atoms with Gasteiger partial charge in [0.15, 0.2) is 0 Å². The molecule has 0 unspecified atom stereocenters. The number of hydrogen-bond donors (Lipinski definition) is 1. The van der Waals surface area contributed by atoms with Crippen LogP contribution in [0, 0.1) is 24.0 Å². The van der Waals surface area contributed by atoms with E-state index in [-0.39, 0.29) is 22.4 Å². The number of anilines is 1. The zero-order valence-electron chi connectivity index (χ0n) is 12.4. The SMILES string of the molecule is Cc1cc(SCC(=O)Nc2ccc(Cl)c([N+](=O)[O-])c2)nc(C)n1. The highest BCUT2D eigenvalue weighted by Crippen LogP contribution is 2.27. The Morgan fingerprint density at radius 1 is 1.35 bits per heavy atom. The molecule has 2 rings (SSSR count). The molecular formula is C14H13ClN4O3S. The van der Waals surface area contributed by atoms with Crippen molar-refractivity contribution in [1.29, 1.82) is 0 Å². The number of nitrogens with one attached hydrogen (secondary N) is 1. The topological polar surface area (TPSA) is 98.0 Å². The molecule has 9 heteroatoms. The highest BCUT2D eigenvalue weighted by Gasteiger charge is 2.14. The number of nitro benzene ring substituents is 1. The lowest BCUT2D eigenvalue weighted by Crippen LogP contribution is -2.14. The lowest BCUT2D eigenvalue weighted by molar-refractivity contribution is -0.384. The van der Waals surface area contributed by atoms with Crippen LogP contribution in [0.1, 0.15) is 11.5 Å². The number of nitrogens with zero attached hydrogens (tertiary/aromatic N) is 3. The minimum absolute atomic E-state index is 0.0225. The fourth-order valence-corrected chi connectivity index (χ4v) is 2.81. The number of rotatable bonds is 5. The smallest absolute Gasteiger partial charge is 0.289 e. The molecule has 0 fully saturated rings. The molecule has 0 aliphatic rings. The van der Waals surface area contributed by atoms with Crippen LogP contribution in [0.5, 0.6) is 0 Å². The van der Waals surface area contributed by atoms with E-state index in [0.29, 0.717) is 16.5 Å². The molecule has 23 heavy (non-hydrogen) atoms. The second-order valence-electron chi connectivity index (χ2n) is 4.65. The van der Waals surface area contributed by atoms with Gasteiger partial charge in [-0.1, -0.05) is 23.4 Å². The van der Waals surface area contributed by atoms with Crippen molar-refractivity contribution in [3.63, 3.8) is 0 Å². The summed E-state index contributed by atoms with van der Waals surface area (Å²) >= 11 is 6.99. The molecule has 0 spiro atoms. The van der Waals surface area contributed by atoms with Gasteiger partial charge in [-0.3, -0.25) is 14.9 Å². The number of hydrogen-bond acceptors (Lipinski definition) is 6. The van der Waals surface area contributed by atoms with Crippen LogP contribution in [0.15, 0.2) is 29.3 Å². The number of halogens is 1. The average molecular weight is 353 g/mol. The number of amides is 1. The predicted octanol–water partition coefficient (Wildman–Crippen LogP) is 3.39. The normalized spacial score (nSPS) is 10.4. The summed E-state index contributed by atoms with van der Waals surface area (Å²) in [6.07, 6.45) is 0. The monoisotopic (exact) mass is 352 g/mol. The van der Waals surface area contributed by atoms with Gasteiger partial charge in [-0.2, -0.15) is 0 Å². The van der Waals surface area contributed by atoms with E-state index in [1.54, 1.807) is 13.0 Å². The highest BCUT2D eigenvalue weighted by atomic mass is 35.5. The lowest BCUT2D eigenvalue weighted by atomic mass is 10.3. The Morgan fingerprint density at radius 2 is 2.09 bits per heavy atom. The van der Waals surface area contributed by atoms with E-state index in [0.717, 1.165) is 5.69 Å². The number of carbonyl (C=O) groups excluding carboxylic acids is 1. The summed E-state index contributed by atoms with van der Waals surface area (Å²) in [6, 6.07) is 5.90. The van der Waals surface area contributed by atoms with E-state index in [1.807, 2.05) is 6.92 Å². The van der Waals surface area contributed by atoms with Crippen molar-refractivity contribution in [2.24, 2.45) is 0 Å². The third kappa shape index (κ3) is 4.90. The lowest BCUT2D eigenvalue weighted by Gasteiger charge is -2.06. The van der Waals surface area contributed by atoms with E-state index in [2.05, 4.69) is 15.3 Å². The van der Waals surface area contributed by atoms with Gasteiger partial charge < -0.3 is 5.32 Å². The molecule has 0 saturated carbocycles. The average Bonchev–Trinajstić information content (AvgIpc) is 2.46. The second kappa shape index (κ2) is 7.38. The first-order valence-electron chi connectivity index (χ1n) is 6.54. The van der Waals surface area contributed by atoms with Crippen molar-refractivity contribution in [1.82, 2.24) is 9.97 Å². The van der Waals surface area contributed by atoms with Gasteiger partial charge in [0.05, 0.1) is 10.7 Å². The number of carbonyl (C=O) groups is 1. The first-order chi connectivity index (χ1) is 10.8. The van der Waals surface area contributed by atoms with Crippen molar-refractivity contribution < 1.29 is 9.72 Å². The largest absolute Gasteiger partial charge is 0.325 e.